The lowest BCUT2D eigenvalue weighted by molar-refractivity contribution is -0.0467. The van der Waals surface area contributed by atoms with E-state index in [1.165, 1.54) is 25.7 Å². The maximum Gasteiger partial charge on any atom is 0.161 e. The van der Waals surface area contributed by atoms with E-state index in [-0.39, 0.29) is 17.7 Å². The highest BCUT2D eigenvalue weighted by atomic mass is 16.5. The van der Waals surface area contributed by atoms with Gasteiger partial charge in [-0.1, -0.05) is 25.7 Å². The van der Waals surface area contributed by atoms with Crippen molar-refractivity contribution >= 4 is 0 Å². The number of nitrogens with zero attached hydrogens (tertiary/aromatic N) is 2. The zero-order chi connectivity index (χ0) is 15.5. The van der Waals surface area contributed by atoms with Crippen LogP contribution < -0.4 is 10.5 Å². The van der Waals surface area contributed by atoms with E-state index < -0.39 is 0 Å². The van der Waals surface area contributed by atoms with Crippen LogP contribution in [0.4, 0.5) is 0 Å². The van der Waals surface area contributed by atoms with Gasteiger partial charge >= 0.3 is 0 Å². The lowest BCUT2D eigenvalue weighted by atomic mass is 9.84. The lowest BCUT2D eigenvalue weighted by Gasteiger charge is -2.37. The monoisotopic (exact) mass is 295 g/mol. The van der Waals surface area contributed by atoms with Gasteiger partial charge in [0.05, 0.1) is 24.9 Å². The van der Waals surface area contributed by atoms with E-state index in [0.717, 1.165) is 24.3 Å². The molecule has 1 aromatic rings. The minimum atomic E-state index is -0.309. The highest BCUT2D eigenvalue weighted by Gasteiger charge is 2.41. The fraction of sp³-hybridized carbons (Fsp3) is 0.812. The van der Waals surface area contributed by atoms with Crippen molar-refractivity contribution in [3.05, 3.63) is 11.9 Å². The van der Waals surface area contributed by atoms with Crippen molar-refractivity contribution in [2.45, 2.75) is 70.1 Å². The van der Waals surface area contributed by atoms with Crippen LogP contribution in [0, 0.1) is 0 Å². The summed E-state index contributed by atoms with van der Waals surface area (Å²) >= 11 is 0. The van der Waals surface area contributed by atoms with Gasteiger partial charge in [-0.2, -0.15) is 5.10 Å². The molecular formula is C16H29N3O2. The summed E-state index contributed by atoms with van der Waals surface area (Å²) in [5, 5.41) is 4.45. The van der Waals surface area contributed by atoms with Crippen LogP contribution in [0.15, 0.2) is 6.20 Å². The SMILES string of the molecule is COc1cnn(C(C)C)c1C(N)C1(OC)CCCCCC1. The van der Waals surface area contributed by atoms with E-state index in [0.29, 0.717) is 0 Å². The summed E-state index contributed by atoms with van der Waals surface area (Å²) in [7, 11) is 3.46. The molecule has 1 saturated carbocycles. The zero-order valence-corrected chi connectivity index (χ0v) is 13.8. The van der Waals surface area contributed by atoms with E-state index in [1.807, 2.05) is 4.68 Å². The van der Waals surface area contributed by atoms with Crippen molar-refractivity contribution in [3.8, 4) is 5.75 Å². The molecule has 21 heavy (non-hydrogen) atoms. The molecule has 0 amide bonds. The molecule has 5 heteroatoms. The molecule has 0 radical (unpaired) electrons. The third-order valence-electron chi connectivity index (χ3n) is 4.73. The predicted octanol–water partition coefficient (Wildman–Crippen LogP) is 3.21. The average Bonchev–Trinajstić information content (AvgIpc) is 2.77. The third kappa shape index (κ3) is 3.09. The molecule has 0 aliphatic heterocycles. The molecule has 1 atom stereocenters. The summed E-state index contributed by atoms with van der Waals surface area (Å²) in [5.74, 6) is 0.761. The molecule has 2 N–H and O–H groups in total. The summed E-state index contributed by atoms with van der Waals surface area (Å²) in [6, 6.07) is 0.0232. The van der Waals surface area contributed by atoms with Crippen molar-refractivity contribution < 1.29 is 9.47 Å². The Kier molecular flexibility index (Phi) is 5.27. The van der Waals surface area contributed by atoms with Gasteiger partial charge in [-0.3, -0.25) is 4.68 Å². The fourth-order valence-corrected chi connectivity index (χ4v) is 3.44. The summed E-state index contributed by atoms with van der Waals surface area (Å²) in [4.78, 5) is 0. The molecule has 1 heterocycles. The maximum absolute atomic E-state index is 6.68. The summed E-state index contributed by atoms with van der Waals surface area (Å²) in [6.45, 7) is 4.21. The topological polar surface area (TPSA) is 62.3 Å². The number of nitrogens with two attached hydrogens (primary N) is 1. The van der Waals surface area contributed by atoms with Crippen LogP contribution in [0.5, 0.6) is 5.75 Å². The second-order valence-corrected chi connectivity index (χ2v) is 6.30. The van der Waals surface area contributed by atoms with Crippen molar-refractivity contribution in [1.82, 2.24) is 9.78 Å². The van der Waals surface area contributed by atoms with Crippen LogP contribution in [0.2, 0.25) is 0 Å². The normalized spacial score (nSPS) is 20.3. The Balaban J connectivity index is 2.40. The number of hydrogen-bond donors (Lipinski definition) is 1. The molecule has 0 aromatic carbocycles. The van der Waals surface area contributed by atoms with Crippen molar-refractivity contribution in [1.29, 1.82) is 0 Å². The number of methoxy groups -OCH3 is 2. The Labute approximate surface area is 127 Å². The van der Waals surface area contributed by atoms with Gasteiger partial charge in [0.1, 0.15) is 5.69 Å². The van der Waals surface area contributed by atoms with Crippen molar-refractivity contribution in [2.75, 3.05) is 14.2 Å². The zero-order valence-electron chi connectivity index (χ0n) is 13.8. The molecule has 120 valence electrons. The van der Waals surface area contributed by atoms with E-state index >= 15 is 0 Å². The number of aromatic nitrogens is 2. The number of rotatable bonds is 5. The van der Waals surface area contributed by atoms with Crippen LogP contribution in [0.1, 0.15) is 70.2 Å². The largest absolute Gasteiger partial charge is 0.493 e. The van der Waals surface area contributed by atoms with Gasteiger partial charge < -0.3 is 15.2 Å². The van der Waals surface area contributed by atoms with E-state index in [1.54, 1.807) is 20.4 Å². The van der Waals surface area contributed by atoms with Gasteiger partial charge in [0.15, 0.2) is 5.75 Å². The second-order valence-electron chi connectivity index (χ2n) is 6.30. The van der Waals surface area contributed by atoms with Gasteiger partial charge in [0.25, 0.3) is 0 Å². The van der Waals surface area contributed by atoms with E-state index in [4.69, 9.17) is 15.2 Å². The molecule has 0 saturated heterocycles. The van der Waals surface area contributed by atoms with E-state index in [9.17, 15) is 0 Å². The molecule has 1 aliphatic rings. The minimum absolute atomic E-state index is 0.222. The van der Waals surface area contributed by atoms with Gasteiger partial charge in [0, 0.05) is 13.2 Å². The molecule has 1 aromatic heterocycles. The Morgan fingerprint density at radius 1 is 1.19 bits per heavy atom. The standard InChI is InChI=1S/C16H29N3O2/c1-12(2)19-14(13(20-3)11-18-19)15(17)16(21-4)9-7-5-6-8-10-16/h11-12,15H,5-10,17H2,1-4H3. The quantitative estimate of drug-likeness (QED) is 0.847. The van der Waals surface area contributed by atoms with Gasteiger partial charge in [-0.05, 0) is 26.7 Å². The third-order valence-corrected chi connectivity index (χ3v) is 4.73. The van der Waals surface area contributed by atoms with Gasteiger partial charge in [-0.25, -0.2) is 0 Å². The Morgan fingerprint density at radius 2 is 1.81 bits per heavy atom. The molecule has 1 fully saturated rings. The Hall–Kier alpha value is -1.07. The minimum Gasteiger partial charge on any atom is -0.493 e. The molecule has 1 aliphatic carbocycles. The van der Waals surface area contributed by atoms with Crippen LogP contribution in [0.3, 0.4) is 0 Å². The van der Waals surface area contributed by atoms with Crippen molar-refractivity contribution in [3.63, 3.8) is 0 Å². The van der Waals surface area contributed by atoms with Crippen LogP contribution in [-0.2, 0) is 4.74 Å². The fourth-order valence-electron chi connectivity index (χ4n) is 3.44. The van der Waals surface area contributed by atoms with Gasteiger partial charge in [-0.15, -0.1) is 0 Å². The molecule has 0 spiro atoms. The first kappa shape index (κ1) is 16.3. The summed E-state index contributed by atoms with van der Waals surface area (Å²) < 4.78 is 13.4. The molecular weight excluding hydrogens is 266 g/mol. The first-order valence-electron chi connectivity index (χ1n) is 7.98. The van der Waals surface area contributed by atoms with Crippen molar-refractivity contribution in [2.24, 2.45) is 5.73 Å². The molecule has 2 rings (SSSR count). The smallest absolute Gasteiger partial charge is 0.161 e. The van der Waals surface area contributed by atoms with Crippen LogP contribution >= 0.6 is 0 Å². The summed E-state index contributed by atoms with van der Waals surface area (Å²) in [5.41, 5.74) is 7.32. The highest BCUT2D eigenvalue weighted by molar-refractivity contribution is 5.31. The second kappa shape index (κ2) is 6.79. The number of ether oxygens (including phenoxy) is 2. The molecule has 5 nitrogen and oxygen atoms in total. The maximum atomic E-state index is 6.68. The first-order chi connectivity index (χ1) is 10.1. The first-order valence-corrected chi connectivity index (χ1v) is 7.98. The van der Waals surface area contributed by atoms with E-state index in [2.05, 4.69) is 18.9 Å². The molecule has 1 unspecified atom stereocenters. The molecule has 0 bridgehead atoms. The van der Waals surface area contributed by atoms with Gasteiger partial charge in [0.2, 0.25) is 0 Å². The van der Waals surface area contributed by atoms with Crippen LogP contribution in [-0.4, -0.2) is 29.6 Å². The highest BCUT2D eigenvalue weighted by Crippen LogP contribution is 2.41. The summed E-state index contributed by atoms with van der Waals surface area (Å²) in [6.07, 6.45) is 8.61. The number of hydrogen-bond acceptors (Lipinski definition) is 4. The Bertz CT molecular complexity index is 448. The average molecular weight is 295 g/mol. The lowest BCUT2D eigenvalue weighted by Crippen LogP contribution is -2.44. The van der Waals surface area contributed by atoms with Crippen LogP contribution in [0.25, 0.3) is 0 Å². The predicted molar refractivity (Wildman–Crippen MR) is 83.5 cm³/mol. The Morgan fingerprint density at radius 3 is 2.29 bits per heavy atom.